The fourth-order valence-electron chi connectivity index (χ4n) is 3.87. The topological polar surface area (TPSA) is 67.1 Å². The summed E-state index contributed by atoms with van der Waals surface area (Å²) in [5.41, 5.74) is 0. The molecule has 3 atom stereocenters. The molecule has 0 amide bonds. The number of rotatable bonds is 4. The maximum Gasteiger partial charge on any atom is 0.409 e. The molecule has 2 heterocycles. The number of hydrogen-bond acceptors (Lipinski definition) is 5. The highest BCUT2D eigenvalue weighted by Crippen LogP contribution is 2.35. The van der Waals surface area contributed by atoms with Crippen LogP contribution in [0.2, 0.25) is 0 Å². The molecular formula is C14H22F3N5O. The number of halogens is 3. The number of aliphatic hydroxyl groups excluding tert-OH is 1. The Balaban J connectivity index is 1.62. The Bertz CT molecular complexity index is 521. The van der Waals surface area contributed by atoms with Crippen molar-refractivity contribution in [2.24, 2.45) is 5.92 Å². The largest absolute Gasteiger partial charge is 0.409 e. The van der Waals surface area contributed by atoms with Crippen molar-refractivity contribution in [1.82, 2.24) is 25.1 Å². The number of alkyl halides is 3. The minimum Gasteiger partial charge on any atom is -0.393 e. The van der Waals surface area contributed by atoms with E-state index in [4.69, 9.17) is 0 Å². The molecule has 130 valence electrons. The summed E-state index contributed by atoms with van der Waals surface area (Å²) < 4.78 is 37.0. The third-order valence-electron chi connectivity index (χ3n) is 4.85. The molecule has 1 aliphatic heterocycles. The van der Waals surface area contributed by atoms with E-state index in [9.17, 15) is 18.3 Å². The van der Waals surface area contributed by atoms with Crippen LogP contribution in [0.1, 0.15) is 44.3 Å². The van der Waals surface area contributed by atoms with E-state index in [1.54, 1.807) is 0 Å². The molecule has 23 heavy (non-hydrogen) atoms. The highest BCUT2D eigenvalue weighted by molar-refractivity contribution is 4.92. The first-order chi connectivity index (χ1) is 10.9. The lowest BCUT2D eigenvalue weighted by Crippen LogP contribution is -2.42. The fourth-order valence-corrected chi connectivity index (χ4v) is 3.87. The van der Waals surface area contributed by atoms with Gasteiger partial charge in [-0.05, 0) is 37.4 Å². The number of aromatic nitrogens is 4. The van der Waals surface area contributed by atoms with Crippen LogP contribution in [-0.4, -0.2) is 55.1 Å². The van der Waals surface area contributed by atoms with Gasteiger partial charge in [0.2, 0.25) is 0 Å². The van der Waals surface area contributed by atoms with Gasteiger partial charge in [-0.25, -0.2) is 0 Å². The summed E-state index contributed by atoms with van der Waals surface area (Å²) in [4.78, 5) is 2.78. The van der Waals surface area contributed by atoms with Gasteiger partial charge in [-0.15, -0.1) is 10.2 Å². The molecule has 1 aromatic heterocycles. The zero-order valence-electron chi connectivity index (χ0n) is 12.9. The molecule has 3 unspecified atom stereocenters. The Morgan fingerprint density at radius 3 is 2.65 bits per heavy atom. The van der Waals surface area contributed by atoms with Gasteiger partial charge in [-0.1, -0.05) is 12.8 Å². The first kappa shape index (κ1) is 16.6. The Morgan fingerprint density at radius 2 is 1.91 bits per heavy atom. The fraction of sp³-hybridized carbons (Fsp3) is 0.929. The van der Waals surface area contributed by atoms with Gasteiger partial charge in [-0.3, -0.25) is 4.90 Å². The smallest absolute Gasteiger partial charge is 0.393 e. The van der Waals surface area contributed by atoms with Gasteiger partial charge in [-0.2, -0.15) is 18.0 Å². The van der Waals surface area contributed by atoms with Crippen molar-refractivity contribution in [1.29, 1.82) is 0 Å². The standard InChI is InChI=1S/C14H22F3N5O/c15-14(16,17)9-22-19-13(18-20-22)8-21-7-3-5-11(21)10-4-1-2-6-12(10)23/h10-12,23H,1-9H2. The zero-order chi connectivity index (χ0) is 16.4. The molecule has 0 radical (unpaired) electrons. The molecule has 1 saturated heterocycles. The van der Waals surface area contributed by atoms with Crippen LogP contribution in [0.3, 0.4) is 0 Å². The minimum absolute atomic E-state index is 0.247. The number of aliphatic hydroxyl groups is 1. The lowest BCUT2D eigenvalue weighted by molar-refractivity contribution is -0.145. The maximum absolute atomic E-state index is 12.3. The summed E-state index contributed by atoms with van der Waals surface area (Å²) >= 11 is 0. The summed E-state index contributed by atoms with van der Waals surface area (Å²) in [6.45, 7) is 0.0399. The lowest BCUT2D eigenvalue weighted by Gasteiger charge is -2.36. The van der Waals surface area contributed by atoms with Gasteiger partial charge >= 0.3 is 6.18 Å². The van der Waals surface area contributed by atoms with Crippen LogP contribution in [0.5, 0.6) is 0 Å². The first-order valence-corrected chi connectivity index (χ1v) is 8.18. The van der Waals surface area contributed by atoms with Crippen molar-refractivity contribution in [2.75, 3.05) is 6.54 Å². The van der Waals surface area contributed by atoms with Crippen LogP contribution in [0.4, 0.5) is 13.2 Å². The van der Waals surface area contributed by atoms with Crippen molar-refractivity contribution >= 4 is 0 Å². The van der Waals surface area contributed by atoms with E-state index in [1.807, 2.05) is 0 Å². The summed E-state index contributed by atoms with van der Waals surface area (Å²) in [7, 11) is 0. The Morgan fingerprint density at radius 1 is 1.13 bits per heavy atom. The highest BCUT2D eigenvalue weighted by atomic mass is 19.4. The zero-order valence-corrected chi connectivity index (χ0v) is 12.9. The summed E-state index contributed by atoms with van der Waals surface area (Å²) in [6, 6.07) is 0.264. The third kappa shape index (κ3) is 4.20. The van der Waals surface area contributed by atoms with Crippen molar-refractivity contribution in [3.05, 3.63) is 5.82 Å². The number of nitrogens with zero attached hydrogens (tertiary/aromatic N) is 5. The molecule has 0 aromatic carbocycles. The quantitative estimate of drug-likeness (QED) is 0.909. The minimum atomic E-state index is -4.35. The molecule has 2 aliphatic rings. The van der Waals surface area contributed by atoms with Gasteiger partial charge in [0.25, 0.3) is 0 Å². The van der Waals surface area contributed by atoms with Crippen molar-refractivity contribution in [3.8, 4) is 0 Å². The molecule has 1 aliphatic carbocycles. The van der Waals surface area contributed by atoms with E-state index in [-0.39, 0.29) is 18.1 Å². The van der Waals surface area contributed by atoms with Gasteiger partial charge < -0.3 is 5.11 Å². The SMILES string of the molecule is OC1CCCCC1C1CCCN1Cc1nnn(CC(F)(F)F)n1. The number of tetrazole rings is 1. The van der Waals surface area contributed by atoms with Crippen LogP contribution in [0, 0.1) is 5.92 Å². The monoisotopic (exact) mass is 333 g/mol. The van der Waals surface area contributed by atoms with Crippen molar-refractivity contribution in [2.45, 2.75) is 69.9 Å². The van der Waals surface area contributed by atoms with Gasteiger partial charge in [0, 0.05) is 12.0 Å². The Labute approximate surface area is 132 Å². The Kier molecular flexibility index (Phi) is 4.86. The molecule has 1 saturated carbocycles. The van der Waals surface area contributed by atoms with Crippen LogP contribution in [-0.2, 0) is 13.1 Å². The normalized spacial score (nSPS) is 30.0. The summed E-state index contributed by atoms with van der Waals surface area (Å²) in [6.07, 6.45) is 1.47. The number of likely N-dealkylation sites (tertiary alicyclic amines) is 1. The van der Waals surface area contributed by atoms with Gasteiger partial charge in [0.1, 0.15) is 0 Å². The van der Waals surface area contributed by atoms with Crippen molar-refractivity contribution in [3.63, 3.8) is 0 Å². The van der Waals surface area contributed by atoms with E-state index >= 15 is 0 Å². The maximum atomic E-state index is 12.3. The lowest BCUT2D eigenvalue weighted by atomic mass is 9.80. The van der Waals surface area contributed by atoms with Crippen LogP contribution >= 0.6 is 0 Å². The van der Waals surface area contributed by atoms with Crippen LogP contribution < -0.4 is 0 Å². The predicted molar refractivity (Wildman–Crippen MR) is 75.3 cm³/mol. The van der Waals surface area contributed by atoms with Crippen LogP contribution in [0.15, 0.2) is 0 Å². The van der Waals surface area contributed by atoms with E-state index in [1.165, 1.54) is 0 Å². The molecule has 0 bridgehead atoms. The third-order valence-corrected chi connectivity index (χ3v) is 4.85. The van der Waals surface area contributed by atoms with Gasteiger partial charge in [0.05, 0.1) is 12.6 Å². The van der Waals surface area contributed by atoms with E-state index in [0.29, 0.717) is 17.2 Å². The molecule has 6 nitrogen and oxygen atoms in total. The van der Waals surface area contributed by atoms with Gasteiger partial charge in [0.15, 0.2) is 12.4 Å². The number of hydrogen-bond donors (Lipinski definition) is 1. The Hall–Kier alpha value is -1.22. The predicted octanol–water partition coefficient (Wildman–Crippen LogP) is 1.75. The molecule has 0 spiro atoms. The second kappa shape index (κ2) is 6.72. The van der Waals surface area contributed by atoms with E-state index in [2.05, 4.69) is 20.3 Å². The average molecular weight is 333 g/mol. The van der Waals surface area contributed by atoms with Crippen LogP contribution in [0.25, 0.3) is 0 Å². The molecule has 1 N–H and O–H groups in total. The second-order valence-electron chi connectivity index (χ2n) is 6.55. The molecule has 3 rings (SSSR count). The summed E-state index contributed by atoms with van der Waals surface area (Å²) in [5.74, 6) is 0.558. The average Bonchev–Trinajstić information content (AvgIpc) is 3.08. The van der Waals surface area contributed by atoms with E-state index < -0.39 is 12.7 Å². The molecule has 9 heteroatoms. The molecule has 1 aromatic rings. The van der Waals surface area contributed by atoms with E-state index in [0.717, 1.165) is 45.1 Å². The first-order valence-electron chi connectivity index (χ1n) is 8.18. The second-order valence-corrected chi connectivity index (χ2v) is 6.55. The molecule has 2 fully saturated rings. The van der Waals surface area contributed by atoms with Crippen molar-refractivity contribution < 1.29 is 18.3 Å². The molecular weight excluding hydrogens is 311 g/mol. The summed E-state index contributed by atoms with van der Waals surface area (Å²) in [5, 5.41) is 21.3. The highest BCUT2D eigenvalue weighted by Gasteiger charge is 2.37.